The normalized spacial score (nSPS) is 10.5. The van der Waals surface area contributed by atoms with Gasteiger partial charge in [0.1, 0.15) is 11.5 Å². The number of ether oxygens (including phenoxy) is 2. The summed E-state index contributed by atoms with van der Waals surface area (Å²) >= 11 is 6.10. The molecule has 2 N–H and O–H groups in total. The van der Waals surface area contributed by atoms with Crippen LogP contribution in [0, 0.1) is 27.7 Å². The number of anilines is 2. The van der Waals surface area contributed by atoms with Crippen molar-refractivity contribution in [3.8, 4) is 11.5 Å². The molecule has 0 heterocycles. The molecule has 0 unspecified atom stereocenters. The third-order valence-corrected chi connectivity index (χ3v) is 5.14. The zero-order valence-corrected chi connectivity index (χ0v) is 19.9. The van der Waals surface area contributed by atoms with Crippen molar-refractivity contribution >= 4 is 34.8 Å². The van der Waals surface area contributed by atoms with Gasteiger partial charge in [-0.05, 0) is 69.2 Å². The van der Waals surface area contributed by atoms with Gasteiger partial charge in [0.2, 0.25) is 0 Å². The molecule has 3 rings (SSSR count). The molecule has 7 heteroatoms. The van der Waals surface area contributed by atoms with Crippen LogP contribution in [0.15, 0.2) is 54.6 Å². The molecule has 0 aliphatic heterocycles. The molecule has 6 nitrogen and oxygen atoms in total. The third-order valence-electron chi connectivity index (χ3n) is 4.91. The predicted octanol–water partition coefficient (Wildman–Crippen LogP) is 5.61. The van der Waals surface area contributed by atoms with E-state index in [1.54, 1.807) is 18.2 Å². The smallest absolute Gasteiger partial charge is 0.262 e. The number of nitrogens with one attached hydrogen (secondary N) is 2. The fourth-order valence-corrected chi connectivity index (χ4v) is 3.48. The Kier molecular flexibility index (Phi) is 7.96. The number of amides is 2. The van der Waals surface area contributed by atoms with E-state index < -0.39 is 0 Å². The van der Waals surface area contributed by atoms with Crippen molar-refractivity contribution in [2.45, 2.75) is 27.7 Å². The topological polar surface area (TPSA) is 76.7 Å². The molecule has 0 aliphatic carbocycles. The largest absolute Gasteiger partial charge is 0.483 e. The molecule has 0 saturated heterocycles. The fourth-order valence-electron chi connectivity index (χ4n) is 3.31. The first-order chi connectivity index (χ1) is 15.7. The fraction of sp³-hybridized carbons (Fsp3) is 0.231. The Labute approximate surface area is 198 Å². The summed E-state index contributed by atoms with van der Waals surface area (Å²) in [4.78, 5) is 24.9. The second-order valence-electron chi connectivity index (χ2n) is 7.90. The average Bonchev–Trinajstić information content (AvgIpc) is 2.74. The van der Waals surface area contributed by atoms with E-state index in [0.717, 1.165) is 22.3 Å². The first kappa shape index (κ1) is 24.1. The summed E-state index contributed by atoms with van der Waals surface area (Å²) in [6.07, 6.45) is 0. The van der Waals surface area contributed by atoms with Crippen LogP contribution in [0.25, 0.3) is 0 Å². The highest BCUT2D eigenvalue weighted by molar-refractivity contribution is 6.31. The second-order valence-corrected chi connectivity index (χ2v) is 8.34. The van der Waals surface area contributed by atoms with Crippen molar-refractivity contribution in [3.63, 3.8) is 0 Å². The number of benzene rings is 3. The summed E-state index contributed by atoms with van der Waals surface area (Å²) in [6.45, 7) is 7.48. The molecule has 0 radical (unpaired) electrons. The SMILES string of the molecule is Cc1ccc(OCC(=O)Nc2ccc(Cl)cc2NC(=O)COc2ccc(C)cc2C)c(C)c1. The zero-order valence-electron chi connectivity index (χ0n) is 19.1. The number of aryl methyl sites for hydroxylation is 4. The van der Waals surface area contributed by atoms with Crippen LogP contribution in [0.5, 0.6) is 11.5 Å². The van der Waals surface area contributed by atoms with Gasteiger partial charge in [0.05, 0.1) is 11.4 Å². The van der Waals surface area contributed by atoms with E-state index in [-0.39, 0.29) is 25.0 Å². The van der Waals surface area contributed by atoms with Gasteiger partial charge in [-0.25, -0.2) is 0 Å². The molecule has 0 bridgehead atoms. The van der Waals surface area contributed by atoms with Gasteiger partial charge in [0.25, 0.3) is 11.8 Å². The first-order valence-corrected chi connectivity index (χ1v) is 10.9. The standard InChI is InChI=1S/C26H27ClN2O4/c1-16-5-9-23(18(3)11-16)32-14-25(30)28-21-8-7-20(27)13-22(21)29-26(31)15-33-24-10-6-17(2)12-19(24)4/h5-13H,14-15H2,1-4H3,(H,28,30)(H,29,31). The Hall–Kier alpha value is -3.51. The lowest BCUT2D eigenvalue weighted by Crippen LogP contribution is -2.24. The van der Waals surface area contributed by atoms with Crippen LogP contribution < -0.4 is 20.1 Å². The van der Waals surface area contributed by atoms with Crippen molar-refractivity contribution in [1.82, 2.24) is 0 Å². The molecule has 0 aliphatic rings. The van der Waals surface area contributed by atoms with Gasteiger partial charge in [0.15, 0.2) is 13.2 Å². The zero-order chi connectivity index (χ0) is 24.0. The predicted molar refractivity (Wildman–Crippen MR) is 132 cm³/mol. The minimum atomic E-state index is -0.376. The summed E-state index contributed by atoms with van der Waals surface area (Å²) < 4.78 is 11.3. The summed E-state index contributed by atoms with van der Waals surface area (Å²) in [7, 11) is 0. The summed E-state index contributed by atoms with van der Waals surface area (Å²) in [5, 5.41) is 5.92. The van der Waals surface area contributed by atoms with Gasteiger partial charge in [-0.15, -0.1) is 0 Å². The van der Waals surface area contributed by atoms with Gasteiger partial charge in [-0.3, -0.25) is 9.59 Å². The molecule has 0 atom stereocenters. The Bertz CT molecular complexity index is 1180. The summed E-state index contributed by atoms with van der Waals surface area (Å²) in [5.41, 5.74) is 4.91. The van der Waals surface area contributed by atoms with Crippen molar-refractivity contribution in [2.24, 2.45) is 0 Å². The molecular formula is C26H27ClN2O4. The molecule has 0 fully saturated rings. The van der Waals surface area contributed by atoms with Crippen molar-refractivity contribution in [2.75, 3.05) is 23.8 Å². The van der Waals surface area contributed by atoms with Gasteiger partial charge in [0, 0.05) is 5.02 Å². The van der Waals surface area contributed by atoms with Crippen LogP contribution in [-0.2, 0) is 9.59 Å². The summed E-state index contributed by atoms with van der Waals surface area (Å²) in [5.74, 6) is 0.543. The van der Waals surface area contributed by atoms with E-state index in [2.05, 4.69) is 10.6 Å². The van der Waals surface area contributed by atoms with Gasteiger partial charge in [-0.2, -0.15) is 0 Å². The lowest BCUT2D eigenvalue weighted by atomic mass is 10.1. The average molecular weight is 467 g/mol. The third kappa shape index (κ3) is 6.99. The maximum absolute atomic E-state index is 12.5. The van der Waals surface area contributed by atoms with E-state index in [4.69, 9.17) is 21.1 Å². The highest BCUT2D eigenvalue weighted by atomic mass is 35.5. The molecule has 172 valence electrons. The molecule has 0 aromatic heterocycles. The lowest BCUT2D eigenvalue weighted by molar-refractivity contribution is -0.119. The first-order valence-electron chi connectivity index (χ1n) is 10.5. The van der Waals surface area contributed by atoms with E-state index >= 15 is 0 Å². The van der Waals surface area contributed by atoms with Crippen molar-refractivity contribution in [1.29, 1.82) is 0 Å². The Morgan fingerprint density at radius 1 is 0.697 bits per heavy atom. The van der Waals surface area contributed by atoms with E-state index in [0.29, 0.717) is 27.9 Å². The molecule has 0 spiro atoms. The number of rotatable bonds is 8. The minimum absolute atomic E-state index is 0.171. The van der Waals surface area contributed by atoms with Crippen molar-refractivity contribution in [3.05, 3.63) is 81.9 Å². The van der Waals surface area contributed by atoms with Crippen LogP contribution in [0.4, 0.5) is 11.4 Å². The molecule has 33 heavy (non-hydrogen) atoms. The number of carbonyl (C=O) groups excluding carboxylic acids is 2. The monoisotopic (exact) mass is 466 g/mol. The van der Waals surface area contributed by atoms with Crippen LogP contribution >= 0.6 is 11.6 Å². The number of hydrogen-bond donors (Lipinski definition) is 2. The van der Waals surface area contributed by atoms with Crippen LogP contribution in [0.3, 0.4) is 0 Å². The highest BCUT2D eigenvalue weighted by Gasteiger charge is 2.13. The molecule has 2 amide bonds. The second kappa shape index (κ2) is 10.9. The Morgan fingerprint density at radius 3 is 1.67 bits per heavy atom. The molecule has 0 saturated carbocycles. The van der Waals surface area contributed by atoms with E-state index in [1.807, 2.05) is 64.1 Å². The van der Waals surface area contributed by atoms with Crippen LogP contribution in [-0.4, -0.2) is 25.0 Å². The maximum Gasteiger partial charge on any atom is 0.262 e. The molecule has 3 aromatic carbocycles. The number of halogens is 1. The molecule has 3 aromatic rings. The lowest BCUT2D eigenvalue weighted by Gasteiger charge is -2.15. The number of carbonyl (C=O) groups is 2. The van der Waals surface area contributed by atoms with E-state index in [1.165, 1.54) is 0 Å². The Balaban J connectivity index is 1.60. The van der Waals surface area contributed by atoms with E-state index in [9.17, 15) is 9.59 Å². The maximum atomic E-state index is 12.5. The van der Waals surface area contributed by atoms with Gasteiger partial charge >= 0.3 is 0 Å². The van der Waals surface area contributed by atoms with Crippen LogP contribution in [0.1, 0.15) is 22.3 Å². The molecular weight excluding hydrogens is 440 g/mol. The van der Waals surface area contributed by atoms with Crippen LogP contribution in [0.2, 0.25) is 5.02 Å². The van der Waals surface area contributed by atoms with Gasteiger partial charge < -0.3 is 20.1 Å². The number of hydrogen-bond acceptors (Lipinski definition) is 4. The quantitative estimate of drug-likeness (QED) is 0.452. The van der Waals surface area contributed by atoms with Gasteiger partial charge in [-0.1, -0.05) is 47.0 Å². The Morgan fingerprint density at radius 2 is 1.18 bits per heavy atom. The van der Waals surface area contributed by atoms with Crippen molar-refractivity contribution < 1.29 is 19.1 Å². The minimum Gasteiger partial charge on any atom is -0.483 e. The summed E-state index contributed by atoms with van der Waals surface area (Å²) in [6, 6.07) is 16.3. The highest BCUT2D eigenvalue weighted by Crippen LogP contribution is 2.26.